The molecule has 146 valence electrons. The number of nitrogens with zero attached hydrogens (tertiary/aromatic N) is 1. The topological polar surface area (TPSA) is 79.0 Å². The second kappa shape index (κ2) is 7.31. The van der Waals surface area contributed by atoms with Crippen molar-refractivity contribution in [3.05, 3.63) is 47.5 Å². The molecule has 2 aromatic rings. The predicted molar refractivity (Wildman–Crippen MR) is 101 cm³/mol. The molecule has 1 aliphatic heterocycles. The summed E-state index contributed by atoms with van der Waals surface area (Å²) in [5.74, 6) is -0.137. The van der Waals surface area contributed by atoms with Crippen molar-refractivity contribution in [2.75, 3.05) is 0 Å². The van der Waals surface area contributed by atoms with E-state index in [1.807, 2.05) is 0 Å². The molecule has 7 heteroatoms. The van der Waals surface area contributed by atoms with Gasteiger partial charge in [-0.1, -0.05) is 6.07 Å². The van der Waals surface area contributed by atoms with Crippen molar-refractivity contribution in [1.29, 1.82) is 0 Å². The van der Waals surface area contributed by atoms with E-state index in [-0.39, 0.29) is 35.5 Å². The Morgan fingerprint density at radius 2 is 1.96 bits per heavy atom. The van der Waals surface area contributed by atoms with Crippen LogP contribution >= 0.6 is 0 Å². The largest absolute Gasteiger partial charge is 0.487 e. The Hall–Kier alpha value is -2.41. The van der Waals surface area contributed by atoms with Crippen molar-refractivity contribution in [3.8, 4) is 5.75 Å². The fourth-order valence-corrected chi connectivity index (χ4v) is 3.95. The molecule has 1 saturated heterocycles. The molecule has 0 aliphatic carbocycles. The van der Waals surface area contributed by atoms with Crippen LogP contribution in [-0.2, 0) is 6.61 Å². The monoisotopic (exact) mass is 374 g/mol. The first-order chi connectivity index (χ1) is 12.6. The third kappa shape index (κ3) is 5.29. The lowest BCUT2D eigenvalue weighted by Crippen LogP contribution is -2.62. The van der Waals surface area contributed by atoms with Crippen LogP contribution in [-0.4, -0.2) is 33.2 Å². The molecule has 1 aliphatic rings. The Morgan fingerprint density at radius 3 is 2.63 bits per heavy atom. The van der Waals surface area contributed by atoms with E-state index in [1.54, 1.807) is 18.2 Å². The van der Waals surface area contributed by atoms with Crippen molar-refractivity contribution >= 4 is 5.91 Å². The van der Waals surface area contributed by atoms with Gasteiger partial charge in [-0.05, 0) is 58.7 Å². The van der Waals surface area contributed by atoms with Gasteiger partial charge >= 0.3 is 0 Å². The first-order valence-corrected chi connectivity index (χ1v) is 9.15. The number of benzene rings is 1. The third-order valence-electron chi connectivity index (χ3n) is 4.58. The molecule has 0 unspecified atom stereocenters. The predicted octanol–water partition coefficient (Wildman–Crippen LogP) is 3.17. The normalized spacial score (nSPS) is 18.9. The number of carbonyl (C=O) groups is 1. The molecule has 0 spiro atoms. The smallest absolute Gasteiger partial charge is 0.271 e. The van der Waals surface area contributed by atoms with Crippen LogP contribution in [0.2, 0.25) is 0 Å². The van der Waals surface area contributed by atoms with Crippen LogP contribution in [0.3, 0.4) is 0 Å². The molecular formula is C20H27FN4O2. The van der Waals surface area contributed by atoms with Gasteiger partial charge in [0, 0.05) is 23.2 Å². The number of rotatable bonds is 5. The number of ether oxygens (including phenoxy) is 1. The number of halogens is 1. The fourth-order valence-electron chi connectivity index (χ4n) is 3.95. The number of piperidine rings is 1. The van der Waals surface area contributed by atoms with Gasteiger partial charge in [0.15, 0.2) is 0 Å². The number of aromatic nitrogens is 2. The number of H-pyrrole nitrogens is 1. The summed E-state index contributed by atoms with van der Waals surface area (Å²) in [6.07, 6.45) is 1.70. The maximum Gasteiger partial charge on any atom is 0.271 e. The number of amides is 1. The van der Waals surface area contributed by atoms with Gasteiger partial charge in [0.1, 0.15) is 23.9 Å². The Kier molecular flexibility index (Phi) is 5.24. The first-order valence-electron chi connectivity index (χ1n) is 9.15. The van der Waals surface area contributed by atoms with Crippen LogP contribution in [0.1, 0.15) is 56.7 Å². The Balaban J connectivity index is 1.58. The number of hydrogen-bond acceptors (Lipinski definition) is 4. The number of nitrogens with one attached hydrogen (secondary N) is 3. The Morgan fingerprint density at radius 1 is 1.26 bits per heavy atom. The van der Waals surface area contributed by atoms with Gasteiger partial charge in [0.05, 0.1) is 5.69 Å². The molecular weight excluding hydrogens is 347 g/mol. The molecule has 0 bridgehead atoms. The van der Waals surface area contributed by atoms with Crippen molar-refractivity contribution in [1.82, 2.24) is 20.8 Å². The molecule has 27 heavy (non-hydrogen) atoms. The lowest BCUT2D eigenvalue weighted by atomic mass is 9.79. The summed E-state index contributed by atoms with van der Waals surface area (Å²) in [6, 6.07) is 7.66. The van der Waals surface area contributed by atoms with Crippen LogP contribution < -0.4 is 15.4 Å². The van der Waals surface area contributed by atoms with Gasteiger partial charge in [-0.25, -0.2) is 4.39 Å². The third-order valence-corrected chi connectivity index (χ3v) is 4.58. The molecule has 1 amide bonds. The zero-order valence-corrected chi connectivity index (χ0v) is 16.2. The highest BCUT2D eigenvalue weighted by Gasteiger charge is 2.38. The molecule has 0 radical (unpaired) electrons. The zero-order valence-electron chi connectivity index (χ0n) is 16.2. The summed E-state index contributed by atoms with van der Waals surface area (Å²) >= 11 is 0. The van der Waals surface area contributed by atoms with E-state index in [0.29, 0.717) is 17.1 Å². The first kappa shape index (κ1) is 19.4. The minimum atomic E-state index is -0.356. The lowest BCUT2D eigenvalue weighted by molar-refractivity contribution is 0.0868. The van der Waals surface area contributed by atoms with Crippen molar-refractivity contribution in [2.24, 2.45) is 0 Å². The summed E-state index contributed by atoms with van der Waals surface area (Å²) in [5.41, 5.74) is 0.877. The second-order valence-electron chi connectivity index (χ2n) is 8.50. The van der Waals surface area contributed by atoms with Crippen LogP contribution in [0.25, 0.3) is 0 Å². The number of carbonyl (C=O) groups excluding carboxylic acids is 1. The summed E-state index contributed by atoms with van der Waals surface area (Å²) in [7, 11) is 0. The maximum absolute atomic E-state index is 13.2. The second-order valence-corrected chi connectivity index (χ2v) is 8.50. The molecule has 3 N–H and O–H groups in total. The number of hydrogen-bond donors (Lipinski definition) is 3. The van der Waals surface area contributed by atoms with E-state index in [9.17, 15) is 9.18 Å². The SMILES string of the molecule is CC1(C)CC(NC(=O)c2cc(COc3cccc(F)c3)[nH]n2)CC(C)(C)N1. The van der Waals surface area contributed by atoms with E-state index >= 15 is 0 Å². The maximum atomic E-state index is 13.2. The summed E-state index contributed by atoms with van der Waals surface area (Å²) < 4.78 is 18.7. The zero-order chi connectivity index (χ0) is 19.7. The van der Waals surface area contributed by atoms with Gasteiger partial charge in [-0.3, -0.25) is 9.89 Å². The molecule has 1 aromatic carbocycles. The fraction of sp³-hybridized carbons (Fsp3) is 0.500. The minimum absolute atomic E-state index is 0.0464. The summed E-state index contributed by atoms with van der Waals surface area (Å²) in [5, 5.41) is 13.6. The molecule has 2 heterocycles. The molecule has 0 saturated carbocycles. The van der Waals surface area contributed by atoms with E-state index in [1.165, 1.54) is 12.1 Å². The van der Waals surface area contributed by atoms with Crippen molar-refractivity contribution in [3.63, 3.8) is 0 Å². The molecule has 1 aromatic heterocycles. The average Bonchev–Trinajstić information content (AvgIpc) is 2.99. The Bertz CT molecular complexity index is 800. The van der Waals surface area contributed by atoms with E-state index in [4.69, 9.17) is 4.74 Å². The molecule has 0 atom stereocenters. The van der Waals surface area contributed by atoms with Crippen LogP contribution in [0.15, 0.2) is 30.3 Å². The van der Waals surface area contributed by atoms with Gasteiger partial charge in [-0.2, -0.15) is 5.10 Å². The average molecular weight is 374 g/mol. The highest BCUT2D eigenvalue weighted by Crippen LogP contribution is 2.28. The molecule has 3 rings (SSSR count). The minimum Gasteiger partial charge on any atom is -0.487 e. The highest BCUT2D eigenvalue weighted by atomic mass is 19.1. The summed E-state index contributed by atoms with van der Waals surface area (Å²) in [4.78, 5) is 12.6. The van der Waals surface area contributed by atoms with Gasteiger partial charge in [-0.15, -0.1) is 0 Å². The van der Waals surface area contributed by atoms with E-state index in [0.717, 1.165) is 12.8 Å². The molecule has 1 fully saturated rings. The Labute approximate surface area is 158 Å². The van der Waals surface area contributed by atoms with Crippen LogP contribution in [0.4, 0.5) is 4.39 Å². The summed E-state index contributed by atoms with van der Waals surface area (Å²) in [6.45, 7) is 8.75. The van der Waals surface area contributed by atoms with E-state index < -0.39 is 0 Å². The molecule has 6 nitrogen and oxygen atoms in total. The van der Waals surface area contributed by atoms with Gasteiger partial charge in [0.25, 0.3) is 5.91 Å². The van der Waals surface area contributed by atoms with Crippen LogP contribution in [0, 0.1) is 5.82 Å². The highest BCUT2D eigenvalue weighted by molar-refractivity contribution is 5.92. The standard InChI is InChI=1S/C20H27FN4O2/c1-19(2)10-15(11-20(3,4)25-19)22-18(26)17-9-14(23-24-17)12-27-16-7-5-6-13(21)8-16/h5-9,15,25H,10-12H2,1-4H3,(H,22,26)(H,23,24). The van der Waals surface area contributed by atoms with Crippen molar-refractivity contribution < 1.29 is 13.9 Å². The quantitative estimate of drug-likeness (QED) is 0.751. The lowest BCUT2D eigenvalue weighted by Gasteiger charge is -2.46. The van der Waals surface area contributed by atoms with Gasteiger partial charge in [0.2, 0.25) is 0 Å². The van der Waals surface area contributed by atoms with Gasteiger partial charge < -0.3 is 15.4 Å². The van der Waals surface area contributed by atoms with Crippen molar-refractivity contribution in [2.45, 2.75) is 64.3 Å². The number of aromatic amines is 1. The van der Waals surface area contributed by atoms with E-state index in [2.05, 4.69) is 48.5 Å². The van der Waals surface area contributed by atoms with Crippen LogP contribution in [0.5, 0.6) is 5.75 Å².